The molecule has 0 spiro atoms. The van der Waals surface area contributed by atoms with Crippen LogP contribution in [0.5, 0.6) is 11.5 Å². The summed E-state index contributed by atoms with van der Waals surface area (Å²) >= 11 is 0. The first kappa shape index (κ1) is 17.7. The zero-order valence-electron chi connectivity index (χ0n) is 16.0. The van der Waals surface area contributed by atoms with Gasteiger partial charge in [-0.15, -0.1) is 5.10 Å². The van der Waals surface area contributed by atoms with Crippen molar-refractivity contribution in [1.29, 1.82) is 0 Å². The second-order valence-corrected chi connectivity index (χ2v) is 6.21. The number of aryl methyl sites for hydroxylation is 1. The maximum atomic E-state index is 5.45. The van der Waals surface area contributed by atoms with Crippen molar-refractivity contribution in [3.8, 4) is 40.2 Å². The number of hydrogen-bond donors (Lipinski definition) is 0. The van der Waals surface area contributed by atoms with E-state index in [2.05, 4.69) is 20.5 Å². The summed E-state index contributed by atoms with van der Waals surface area (Å²) in [5.74, 6) is 2.09. The van der Waals surface area contributed by atoms with E-state index in [1.165, 1.54) is 0 Å². The summed E-state index contributed by atoms with van der Waals surface area (Å²) in [4.78, 5) is 4.50. The molecule has 0 saturated carbocycles. The molecule has 2 heterocycles. The van der Waals surface area contributed by atoms with E-state index in [0.29, 0.717) is 28.9 Å². The third-order valence-electron chi connectivity index (χ3n) is 4.52. The Morgan fingerprint density at radius 3 is 2.50 bits per heavy atom. The second kappa shape index (κ2) is 7.15. The Hall–Kier alpha value is -3.68. The Morgan fingerprint density at radius 2 is 1.75 bits per heavy atom. The predicted octanol–water partition coefficient (Wildman–Crippen LogP) is 3.62. The Labute approximate surface area is 161 Å². The molecule has 4 rings (SSSR count). The molecule has 28 heavy (non-hydrogen) atoms. The summed E-state index contributed by atoms with van der Waals surface area (Å²) in [6.07, 6.45) is 0. The van der Waals surface area contributed by atoms with Crippen LogP contribution in [0.4, 0.5) is 0 Å². The highest BCUT2D eigenvalue weighted by atomic mass is 16.5. The zero-order valence-corrected chi connectivity index (χ0v) is 16.0. The molecule has 8 nitrogen and oxygen atoms in total. The molecule has 0 amide bonds. The summed E-state index contributed by atoms with van der Waals surface area (Å²) in [5.41, 5.74) is 4.07. The highest BCUT2D eigenvalue weighted by Gasteiger charge is 2.20. The lowest BCUT2D eigenvalue weighted by atomic mass is 10.1. The van der Waals surface area contributed by atoms with E-state index in [0.717, 1.165) is 22.5 Å². The van der Waals surface area contributed by atoms with Crippen molar-refractivity contribution in [2.75, 3.05) is 14.2 Å². The van der Waals surface area contributed by atoms with Gasteiger partial charge in [-0.05, 0) is 31.5 Å². The molecule has 0 aliphatic heterocycles. The third-order valence-corrected chi connectivity index (χ3v) is 4.52. The summed E-state index contributed by atoms with van der Waals surface area (Å²) in [6, 6.07) is 13.4. The van der Waals surface area contributed by atoms with Gasteiger partial charge < -0.3 is 14.0 Å². The first-order valence-electron chi connectivity index (χ1n) is 8.67. The van der Waals surface area contributed by atoms with Crippen LogP contribution in [0.15, 0.2) is 47.0 Å². The van der Waals surface area contributed by atoms with Crippen molar-refractivity contribution >= 4 is 0 Å². The molecule has 0 radical (unpaired) electrons. The predicted molar refractivity (Wildman–Crippen MR) is 103 cm³/mol. The lowest BCUT2D eigenvalue weighted by Crippen LogP contribution is -2.00. The summed E-state index contributed by atoms with van der Waals surface area (Å²) in [7, 11) is 3.19. The Morgan fingerprint density at radius 1 is 0.964 bits per heavy atom. The first-order valence-corrected chi connectivity index (χ1v) is 8.67. The molecule has 0 aliphatic rings. The van der Waals surface area contributed by atoms with E-state index in [-0.39, 0.29) is 0 Å². The number of ether oxygens (including phenoxy) is 2. The van der Waals surface area contributed by atoms with E-state index in [1.807, 2.05) is 56.3 Å². The number of aromatic nitrogens is 5. The van der Waals surface area contributed by atoms with E-state index in [4.69, 9.17) is 14.0 Å². The molecule has 142 valence electrons. The van der Waals surface area contributed by atoms with E-state index in [9.17, 15) is 0 Å². The van der Waals surface area contributed by atoms with Crippen LogP contribution in [-0.2, 0) is 0 Å². The number of methoxy groups -OCH3 is 2. The van der Waals surface area contributed by atoms with Gasteiger partial charge in [0.15, 0.2) is 17.2 Å². The number of benzene rings is 2. The molecule has 0 atom stereocenters. The summed E-state index contributed by atoms with van der Waals surface area (Å²) in [5, 5.41) is 12.6. The van der Waals surface area contributed by atoms with Gasteiger partial charge in [0.05, 0.1) is 25.6 Å². The molecule has 0 aliphatic carbocycles. The minimum absolute atomic E-state index is 0.322. The monoisotopic (exact) mass is 377 g/mol. The molecular formula is C20H19N5O3. The average Bonchev–Trinajstić information content (AvgIpc) is 3.34. The topological polar surface area (TPSA) is 88.1 Å². The lowest BCUT2D eigenvalue weighted by Gasteiger charge is -2.10. The van der Waals surface area contributed by atoms with E-state index < -0.39 is 0 Å². The smallest absolute Gasteiger partial charge is 0.280 e. The Bertz CT molecular complexity index is 1130. The van der Waals surface area contributed by atoms with Crippen molar-refractivity contribution in [3.05, 3.63) is 53.7 Å². The van der Waals surface area contributed by atoms with Gasteiger partial charge >= 0.3 is 0 Å². The van der Waals surface area contributed by atoms with Crippen molar-refractivity contribution in [1.82, 2.24) is 25.1 Å². The van der Waals surface area contributed by atoms with Crippen LogP contribution in [-0.4, -0.2) is 39.4 Å². The summed E-state index contributed by atoms with van der Waals surface area (Å²) in [6.45, 7) is 3.90. The molecule has 2 aromatic heterocycles. The van der Waals surface area contributed by atoms with Crippen molar-refractivity contribution in [2.45, 2.75) is 13.8 Å². The third kappa shape index (κ3) is 2.98. The molecule has 2 aromatic carbocycles. The first-order chi connectivity index (χ1) is 13.6. The van der Waals surface area contributed by atoms with Crippen molar-refractivity contribution in [3.63, 3.8) is 0 Å². The van der Waals surface area contributed by atoms with Gasteiger partial charge in [0.2, 0.25) is 5.82 Å². The molecule has 0 saturated heterocycles. The number of hydrogen-bond acceptors (Lipinski definition) is 7. The van der Waals surface area contributed by atoms with Gasteiger partial charge in [-0.3, -0.25) is 0 Å². The number of rotatable bonds is 5. The van der Waals surface area contributed by atoms with Gasteiger partial charge in [-0.1, -0.05) is 34.6 Å². The normalized spacial score (nSPS) is 10.9. The fraction of sp³-hybridized carbons (Fsp3) is 0.200. The highest BCUT2D eigenvalue weighted by molar-refractivity contribution is 5.62. The second-order valence-electron chi connectivity index (χ2n) is 6.21. The Balaban J connectivity index is 1.71. The number of nitrogens with zero attached hydrogens (tertiary/aromatic N) is 5. The largest absolute Gasteiger partial charge is 0.493 e. The zero-order chi connectivity index (χ0) is 19.7. The maximum absolute atomic E-state index is 5.45. The van der Waals surface area contributed by atoms with E-state index >= 15 is 0 Å². The molecule has 0 bridgehead atoms. The lowest BCUT2D eigenvalue weighted by molar-refractivity contribution is 0.354. The van der Waals surface area contributed by atoms with Crippen molar-refractivity contribution in [2.24, 2.45) is 0 Å². The van der Waals surface area contributed by atoms with Gasteiger partial charge in [0.1, 0.15) is 0 Å². The molecule has 8 heteroatoms. The average molecular weight is 377 g/mol. The van der Waals surface area contributed by atoms with Crippen LogP contribution in [0.2, 0.25) is 0 Å². The van der Waals surface area contributed by atoms with Crippen LogP contribution < -0.4 is 9.47 Å². The van der Waals surface area contributed by atoms with Gasteiger partial charge in [-0.25, -0.2) is 4.68 Å². The highest BCUT2D eigenvalue weighted by Crippen LogP contribution is 2.31. The summed E-state index contributed by atoms with van der Waals surface area (Å²) < 4.78 is 17.8. The van der Waals surface area contributed by atoms with Gasteiger partial charge in [-0.2, -0.15) is 4.98 Å². The molecular weight excluding hydrogens is 358 g/mol. The molecule has 0 unspecified atom stereocenters. The fourth-order valence-corrected chi connectivity index (χ4v) is 2.98. The molecule has 0 N–H and O–H groups in total. The van der Waals surface area contributed by atoms with Crippen LogP contribution in [0.3, 0.4) is 0 Å². The van der Waals surface area contributed by atoms with Gasteiger partial charge in [0.25, 0.3) is 5.89 Å². The minimum Gasteiger partial charge on any atom is -0.493 e. The van der Waals surface area contributed by atoms with E-state index in [1.54, 1.807) is 18.9 Å². The van der Waals surface area contributed by atoms with Crippen LogP contribution in [0.25, 0.3) is 28.7 Å². The quantitative estimate of drug-likeness (QED) is 0.525. The molecule has 4 aromatic rings. The van der Waals surface area contributed by atoms with Crippen LogP contribution in [0.1, 0.15) is 11.3 Å². The standard InChI is InChI=1S/C20H19N5O3/c1-12-7-5-6-8-15(12)19-21-20(28-23-19)18-13(2)25(24-22-18)14-9-10-16(26-3)17(11-14)27-4/h5-11H,1-4H3. The van der Waals surface area contributed by atoms with Crippen molar-refractivity contribution < 1.29 is 14.0 Å². The van der Waals surface area contributed by atoms with Crippen LogP contribution >= 0.6 is 0 Å². The minimum atomic E-state index is 0.322. The Kier molecular flexibility index (Phi) is 4.52. The molecule has 0 fully saturated rings. The fourth-order valence-electron chi connectivity index (χ4n) is 2.98. The van der Waals surface area contributed by atoms with Gasteiger partial charge in [0, 0.05) is 11.6 Å². The maximum Gasteiger partial charge on any atom is 0.280 e. The van der Waals surface area contributed by atoms with Crippen LogP contribution in [0, 0.1) is 13.8 Å². The SMILES string of the molecule is COc1ccc(-n2nnc(-c3nc(-c4ccccc4C)no3)c2C)cc1OC.